The van der Waals surface area contributed by atoms with Crippen LogP contribution < -0.4 is 0 Å². The van der Waals surface area contributed by atoms with Crippen molar-refractivity contribution in [2.75, 3.05) is 0 Å². The Morgan fingerprint density at radius 1 is 1.89 bits per heavy atom. The molecule has 0 spiro atoms. The van der Waals surface area contributed by atoms with Crippen molar-refractivity contribution >= 4 is 28.6 Å². The maximum atomic E-state index is 9.99. The Morgan fingerprint density at radius 2 is 2.56 bits per heavy atom. The van der Waals surface area contributed by atoms with Gasteiger partial charge in [-0.3, -0.25) is 10.1 Å². The normalized spacial score (nSPS) is 9.44. The van der Waals surface area contributed by atoms with Crippen LogP contribution >= 0.6 is 22.9 Å². The van der Waals surface area contributed by atoms with Crippen LogP contribution in [0.5, 0.6) is 0 Å². The SMILES string of the molecule is O=[N+]([O-])c1c[c]sc1Cl. The molecule has 1 radical (unpaired) electrons. The van der Waals surface area contributed by atoms with E-state index < -0.39 is 4.92 Å². The Bertz CT molecular complexity index is 234. The molecule has 47 valence electrons. The highest BCUT2D eigenvalue weighted by molar-refractivity contribution is 7.14. The first-order chi connectivity index (χ1) is 4.22. The summed E-state index contributed by atoms with van der Waals surface area (Å²) in [6, 6.07) is 1.26. The molecule has 0 aliphatic carbocycles. The summed E-state index contributed by atoms with van der Waals surface area (Å²) in [5, 5.41) is 12.5. The first-order valence-electron chi connectivity index (χ1n) is 2.01. The summed E-state index contributed by atoms with van der Waals surface area (Å²) in [6.07, 6.45) is 0. The van der Waals surface area contributed by atoms with Crippen molar-refractivity contribution < 1.29 is 4.92 Å². The van der Waals surface area contributed by atoms with Gasteiger partial charge in [0.15, 0.2) is 4.34 Å². The van der Waals surface area contributed by atoms with Gasteiger partial charge in [0.05, 0.1) is 10.3 Å². The van der Waals surface area contributed by atoms with Gasteiger partial charge >= 0.3 is 0 Å². The number of nitrogens with zero attached hydrogens (tertiary/aromatic N) is 1. The van der Waals surface area contributed by atoms with Gasteiger partial charge in [-0.2, -0.15) is 0 Å². The predicted octanol–water partition coefficient (Wildman–Crippen LogP) is 2.11. The summed E-state index contributed by atoms with van der Waals surface area (Å²) >= 11 is 6.41. The zero-order valence-corrected chi connectivity index (χ0v) is 5.70. The molecule has 0 fully saturated rings. The second kappa shape index (κ2) is 2.33. The summed E-state index contributed by atoms with van der Waals surface area (Å²) < 4.78 is 0.181. The molecule has 0 amide bonds. The third-order valence-corrected chi connectivity index (χ3v) is 1.79. The molecule has 0 saturated carbocycles. The molecule has 9 heavy (non-hydrogen) atoms. The quantitative estimate of drug-likeness (QED) is 0.469. The van der Waals surface area contributed by atoms with Crippen LogP contribution in [0.1, 0.15) is 0 Å². The van der Waals surface area contributed by atoms with Gasteiger partial charge in [-0.15, -0.1) is 11.3 Å². The highest BCUT2D eigenvalue weighted by Crippen LogP contribution is 2.28. The zero-order valence-electron chi connectivity index (χ0n) is 4.13. The molecule has 0 bridgehead atoms. The fourth-order valence-electron chi connectivity index (χ4n) is 0.371. The van der Waals surface area contributed by atoms with E-state index in [-0.39, 0.29) is 10.0 Å². The standard InChI is InChI=1S/C4HClNO2S/c5-4-3(6(7)8)1-2-9-4/h1H. The fourth-order valence-corrected chi connectivity index (χ4v) is 1.14. The Hall–Kier alpha value is -0.610. The molecule has 0 unspecified atom stereocenters. The van der Waals surface area contributed by atoms with Gasteiger partial charge in [-0.1, -0.05) is 11.6 Å². The summed E-state index contributed by atoms with van der Waals surface area (Å²) in [6.45, 7) is 0. The predicted molar refractivity (Wildman–Crippen MR) is 34.8 cm³/mol. The first-order valence-corrected chi connectivity index (χ1v) is 3.21. The van der Waals surface area contributed by atoms with Crippen molar-refractivity contribution in [3.8, 4) is 0 Å². The van der Waals surface area contributed by atoms with E-state index >= 15 is 0 Å². The largest absolute Gasteiger partial charge is 0.299 e. The Kier molecular flexibility index (Phi) is 1.68. The average Bonchev–Trinajstić information content (AvgIpc) is 2.13. The van der Waals surface area contributed by atoms with Crippen LogP contribution in [0.4, 0.5) is 5.69 Å². The molecule has 1 aromatic heterocycles. The van der Waals surface area contributed by atoms with Crippen LogP contribution in [-0.4, -0.2) is 4.92 Å². The van der Waals surface area contributed by atoms with Crippen molar-refractivity contribution in [2.24, 2.45) is 0 Å². The molecule has 0 atom stereocenters. The number of hydrogen-bond donors (Lipinski definition) is 0. The lowest BCUT2D eigenvalue weighted by atomic mass is 10.6. The van der Waals surface area contributed by atoms with Crippen LogP contribution in [0.25, 0.3) is 0 Å². The van der Waals surface area contributed by atoms with Crippen molar-refractivity contribution in [1.82, 2.24) is 0 Å². The molecule has 0 aliphatic heterocycles. The highest BCUT2D eigenvalue weighted by atomic mass is 35.5. The summed E-state index contributed by atoms with van der Waals surface area (Å²) in [5.74, 6) is 0. The first kappa shape index (κ1) is 6.51. The number of hydrogen-bond acceptors (Lipinski definition) is 3. The fraction of sp³-hybridized carbons (Fsp3) is 0. The van der Waals surface area contributed by atoms with Gasteiger partial charge in [-0.05, 0) is 0 Å². The van der Waals surface area contributed by atoms with Crippen LogP contribution in [0.15, 0.2) is 6.07 Å². The topological polar surface area (TPSA) is 43.1 Å². The molecule has 0 saturated heterocycles. The number of nitro groups is 1. The lowest BCUT2D eigenvalue weighted by molar-refractivity contribution is -0.384. The smallest absolute Gasteiger partial charge is 0.258 e. The molecule has 1 heterocycles. The molecular weight excluding hydrogens is 162 g/mol. The van der Waals surface area contributed by atoms with E-state index in [0.29, 0.717) is 0 Å². The lowest BCUT2D eigenvalue weighted by Crippen LogP contribution is -1.83. The zero-order chi connectivity index (χ0) is 6.85. The summed E-state index contributed by atoms with van der Waals surface area (Å²) in [4.78, 5) is 9.46. The van der Waals surface area contributed by atoms with Crippen molar-refractivity contribution in [2.45, 2.75) is 0 Å². The van der Waals surface area contributed by atoms with E-state index in [1.54, 1.807) is 0 Å². The van der Waals surface area contributed by atoms with Crippen molar-refractivity contribution in [3.05, 3.63) is 25.9 Å². The van der Waals surface area contributed by atoms with E-state index in [1.807, 2.05) is 0 Å². The monoisotopic (exact) mass is 162 g/mol. The van der Waals surface area contributed by atoms with Gasteiger partial charge < -0.3 is 0 Å². The van der Waals surface area contributed by atoms with Gasteiger partial charge in [-0.25, -0.2) is 0 Å². The summed E-state index contributed by atoms with van der Waals surface area (Å²) in [5.41, 5.74) is -0.0679. The van der Waals surface area contributed by atoms with Gasteiger partial charge in [0.1, 0.15) is 0 Å². The van der Waals surface area contributed by atoms with E-state index in [0.717, 1.165) is 11.3 Å². The van der Waals surface area contributed by atoms with Crippen molar-refractivity contribution in [3.63, 3.8) is 0 Å². The maximum absolute atomic E-state index is 9.99. The average molecular weight is 163 g/mol. The van der Waals surface area contributed by atoms with Crippen LogP contribution in [0.2, 0.25) is 4.34 Å². The van der Waals surface area contributed by atoms with Crippen LogP contribution in [-0.2, 0) is 0 Å². The molecule has 3 nitrogen and oxygen atoms in total. The van der Waals surface area contributed by atoms with E-state index in [1.165, 1.54) is 6.07 Å². The molecule has 1 aromatic rings. The Labute approximate surface area is 60.0 Å². The molecule has 0 aromatic carbocycles. The maximum Gasteiger partial charge on any atom is 0.299 e. The van der Waals surface area contributed by atoms with E-state index in [4.69, 9.17) is 11.6 Å². The molecule has 5 heteroatoms. The molecule has 1 rings (SSSR count). The Balaban J connectivity index is 3.08. The van der Waals surface area contributed by atoms with Gasteiger partial charge in [0.2, 0.25) is 0 Å². The highest BCUT2D eigenvalue weighted by Gasteiger charge is 2.11. The van der Waals surface area contributed by atoms with Crippen LogP contribution in [0.3, 0.4) is 0 Å². The second-order valence-electron chi connectivity index (χ2n) is 1.28. The second-order valence-corrected chi connectivity index (χ2v) is 2.73. The number of halogens is 1. The molecule has 0 N–H and O–H groups in total. The number of thiophene rings is 1. The van der Waals surface area contributed by atoms with Gasteiger partial charge in [0.25, 0.3) is 5.69 Å². The Morgan fingerprint density at radius 3 is 2.78 bits per heavy atom. The minimum atomic E-state index is -0.532. The van der Waals surface area contributed by atoms with E-state index in [2.05, 4.69) is 5.38 Å². The van der Waals surface area contributed by atoms with Gasteiger partial charge in [0, 0.05) is 6.07 Å². The molecular formula is C4HClNO2S. The third-order valence-electron chi connectivity index (χ3n) is 0.742. The van der Waals surface area contributed by atoms with Crippen molar-refractivity contribution in [1.29, 1.82) is 0 Å². The third kappa shape index (κ3) is 1.20. The minimum absolute atomic E-state index is 0.0679. The van der Waals surface area contributed by atoms with Crippen LogP contribution in [0, 0.1) is 15.5 Å². The summed E-state index contributed by atoms with van der Waals surface area (Å²) in [7, 11) is 0. The lowest BCUT2D eigenvalue weighted by Gasteiger charge is -1.81. The minimum Gasteiger partial charge on any atom is -0.258 e. The molecule has 0 aliphatic rings. The number of rotatable bonds is 1. The van der Waals surface area contributed by atoms with E-state index in [9.17, 15) is 10.1 Å².